The number of amidine groups is 1. The summed E-state index contributed by atoms with van der Waals surface area (Å²) in [6, 6.07) is 3.76. The van der Waals surface area contributed by atoms with E-state index in [9.17, 15) is 22.8 Å². The van der Waals surface area contributed by atoms with Gasteiger partial charge in [-0.15, -0.1) is 5.10 Å². The van der Waals surface area contributed by atoms with Gasteiger partial charge in [-0.25, -0.2) is 0 Å². The van der Waals surface area contributed by atoms with Crippen LogP contribution in [0.5, 0.6) is 0 Å². The maximum absolute atomic E-state index is 13.0. The fraction of sp³-hybridized carbons (Fsp3) is 0.231. The summed E-state index contributed by atoms with van der Waals surface area (Å²) >= 11 is 2.64. The van der Waals surface area contributed by atoms with Crippen LogP contribution in [0, 0.1) is 3.57 Å². The molecule has 1 atom stereocenters. The highest BCUT2D eigenvalue weighted by Crippen LogP contribution is 2.32. The number of rotatable bonds is 4. The Balaban J connectivity index is 2.15. The quantitative estimate of drug-likeness (QED) is 0.402. The Labute approximate surface area is 151 Å². The number of carbonyl (C=O) groups is 2. The van der Waals surface area contributed by atoms with E-state index in [2.05, 4.69) is 15.5 Å². The summed E-state index contributed by atoms with van der Waals surface area (Å²) in [6.07, 6.45) is -3.98. The van der Waals surface area contributed by atoms with E-state index >= 15 is 0 Å². The van der Waals surface area contributed by atoms with Gasteiger partial charge in [-0.3, -0.25) is 9.59 Å². The molecule has 0 aliphatic carbocycles. The highest BCUT2D eigenvalue weighted by atomic mass is 127. The largest absolute Gasteiger partial charge is 0.481 e. The molecular weight excluding hydrogens is 462 g/mol. The van der Waals surface area contributed by atoms with E-state index < -0.39 is 28.9 Å². The van der Waals surface area contributed by atoms with E-state index in [-0.39, 0.29) is 17.2 Å². The third-order valence-electron chi connectivity index (χ3n) is 2.80. The second-order valence-corrected chi connectivity index (χ2v) is 7.01. The fourth-order valence-electron chi connectivity index (χ4n) is 1.78. The van der Waals surface area contributed by atoms with Gasteiger partial charge < -0.3 is 10.4 Å². The van der Waals surface area contributed by atoms with Crippen LogP contribution < -0.4 is 5.32 Å². The normalized spacial score (nSPS) is 19.9. The van der Waals surface area contributed by atoms with Gasteiger partial charge in [-0.1, -0.05) is 17.8 Å². The summed E-state index contributed by atoms with van der Waals surface area (Å²) in [5.74, 6) is -1.66. The molecule has 11 heteroatoms. The number of nitrogens with zero attached hydrogens (tertiary/aromatic N) is 2. The molecule has 1 heterocycles. The summed E-state index contributed by atoms with van der Waals surface area (Å²) in [5.41, 5.74) is -1.01. The van der Waals surface area contributed by atoms with Crippen LogP contribution in [-0.4, -0.2) is 33.6 Å². The number of carboxylic acid groups (broad SMARTS) is 1. The molecular formula is C13H9F3IN3O3S. The van der Waals surface area contributed by atoms with Gasteiger partial charge in [0.05, 0.1) is 18.2 Å². The molecule has 128 valence electrons. The summed E-state index contributed by atoms with van der Waals surface area (Å²) in [7, 11) is 0. The van der Waals surface area contributed by atoms with Gasteiger partial charge in [-0.05, 0) is 34.7 Å². The molecule has 0 saturated carbocycles. The molecule has 0 bridgehead atoms. The lowest BCUT2D eigenvalue weighted by atomic mass is 10.1. The molecule has 1 amide bonds. The number of carbonyl (C=O) groups excluding carboxylic acids is 1. The van der Waals surface area contributed by atoms with E-state index in [0.29, 0.717) is 3.57 Å². The van der Waals surface area contributed by atoms with E-state index in [4.69, 9.17) is 5.11 Å². The molecule has 1 aromatic rings. The molecule has 1 aliphatic heterocycles. The van der Waals surface area contributed by atoms with Gasteiger partial charge >= 0.3 is 12.1 Å². The first-order valence-corrected chi connectivity index (χ1v) is 8.30. The van der Waals surface area contributed by atoms with Crippen LogP contribution in [0.15, 0.2) is 28.4 Å². The minimum atomic E-state index is -4.53. The van der Waals surface area contributed by atoms with Crippen molar-refractivity contribution in [2.75, 3.05) is 0 Å². The van der Waals surface area contributed by atoms with Crippen molar-refractivity contribution in [2.45, 2.75) is 17.8 Å². The molecule has 24 heavy (non-hydrogen) atoms. The Bertz CT molecular complexity index is 737. The number of hydrogen-bond donors (Lipinski definition) is 2. The standard InChI is InChI=1S/C13H9F3IN3O3S/c14-13(15,16)8-3-7(17)2-1-6(8)5-18-20-12-19-11(23)9(24-12)4-10(21)22/h1-3,5,9H,4H2,(H,21,22)(H,19,20,23). The van der Waals surface area contributed by atoms with Crippen molar-refractivity contribution in [1.82, 2.24) is 5.32 Å². The zero-order chi connectivity index (χ0) is 17.9. The third kappa shape index (κ3) is 4.93. The van der Waals surface area contributed by atoms with Crippen molar-refractivity contribution in [1.29, 1.82) is 0 Å². The van der Waals surface area contributed by atoms with Crippen molar-refractivity contribution >= 4 is 57.6 Å². The van der Waals surface area contributed by atoms with Crippen LogP contribution in [0.25, 0.3) is 0 Å². The first kappa shape index (κ1) is 18.7. The Morgan fingerprint density at radius 1 is 1.46 bits per heavy atom. The smallest absolute Gasteiger partial charge is 0.417 e. The molecule has 2 N–H and O–H groups in total. The van der Waals surface area contributed by atoms with Gasteiger partial charge in [0.15, 0.2) is 5.17 Å². The lowest BCUT2D eigenvalue weighted by Crippen LogP contribution is -2.26. The molecule has 0 spiro atoms. The van der Waals surface area contributed by atoms with Crippen molar-refractivity contribution in [2.24, 2.45) is 10.2 Å². The van der Waals surface area contributed by atoms with Crippen molar-refractivity contribution in [3.63, 3.8) is 0 Å². The molecule has 0 radical (unpaired) electrons. The van der Waals surface area contributed by atoms with E-state index in [1.807, 2.05) is 0 Å². The highest BCUT2D eigenvalue weighted by molar-refractivity contribution is 14.1. The zero-order valence-electron chi connectivity index (χ0n) is 11.7. The Kier molecular flexibility index (Phi) is 5.85. The van der Waals surface area contributed by atoms with Gasteiger partial charge in [0.2, 0.25) is 5.91 Å². The minimum absolute atomic E-state index is 0.0431. The zero-order valence-corrected chi connectivity index (χ0v) is 14.6. The average molecular weight is 471 g/mol. The molecule has 1 saturated heterocycles. The fourth-order valence-corrected chi connectivity index (χ4v) is 3.18. The van der Waals surface area contributed by atoms with Gasteiger partial charge in [0.1, 0.15) is 5.25 Å². The van der Waals surface area contributed by atoms with Gasteiger partial charge in [-0.2, -0.15) is 18.3 Å². The molecule has 1 unspecified atom stereocenters. The van der Waals surface area contributed by atoms with Gasteiger partial charge in [0.25, 0.3) is 0 Å². The Hall–Kier alpha value is -1.63. The summed E-state index contributed by atoms with van der Waals surface area (Å²) in [5, 5.41) is 17.4. The van der Waals surface area contributed by atoms with E-state index in [0.717, 1.165) is 24.0 Å². The topological polar surface area (TPSA) is 91.1 Å². The number of amides is 1. The number of hydrogen-bond acceptors (Lipinski definition) is 5. The molecule has 6 nitrogen and oxygen atoms in total. The number of carboxylic acids is 1. The van der Waals surface area contributed by atoms with Crippen molar-refractivity contribution in [3.05, 3.63) is 32.9 Å². The first-order valence-electron chi connectivity index (χ1n) is 6.34. The molecule has 1 aliphatic rings. The SMILES string of the molecule is O=C(O)CC1SC(=NN=Cc2ccc(I)cc2C(F)(F)F)NC1=O. The lowest BCUT2D eigenvalue weighted by Gasteiger charge is -2.09. The maximum atomic E-state index is 13.0. The monoisotopic (exact) mass is 471 g/mol. The number of benzene rings is 1. The molecule has 2 rings (SSSR count). The Morgan fingerprint density at radius 3 is 2.79 bits per heavy atom. The number of thioether (sulfide) groups is 1. The third-order valence-corrected chi connectivity index (χ3v) is 4.55. The molecule has 0 aromatic heterocycles. The second kappa shape index (κ2) is 7.51. The summed E-state index contributed by atoms with van der Waals surface area (Å²) < 4.78 is 39.3. The number of halogens is 4. The predicted molar refractivity (Wildman–Crippen MR) is 91.0 cm³/mol. The highest BCUT2D eigenvalue weighted by Gasteiger charge is 2.33. The van der Waals surface area contributed by atoms with Gasteiger partial charge in [0, 0.05) is 9.13 Å². The summed E-state index contributed by atoms with van der Waals surface area (Å²) in [6.45, 7) is 0. The molecule has 1 aromatic carbocycles. The first-order chi connectivity index (χ1) is 11.2. The van der Waals surface area contributed by atoms with Crippen LogP contribution in [0.4, 0.5) is 13.2 Å². The lowest BCUT2D eigenvalue weighted by molar-refractivity contribution is -0.138. The van der Waals surface area contributed by atoms with Crippen LogP contribution in [0.2, 0.25) is 0 Å². The Morgan fingerprint density at radius 2 is 2.17 bits per heavy atom. The summed E-state index contributed by atoms with van der Waals surface area (Å²) in [4.78, 5) is 22.1. The van der Waals surface area contributed by atoms with Crippen molar-refractivity contribution < 1.29 is 27.9 Å². The van der Waals surface area contributed by atoms with Crippen molar-refractivity contribution in [3.8, 4) is 0 Å². The molecule has 1 fully saturated rings. The maximum Gasteiger partial charge on any atom is 0.417 e. The minimum Gasteiger partial charge on any atom is -0.481 e. The predicted octanol–water partition coefficient (Wildman–Crippen LogP) is 2.71. The second-order valence-electron chi connectivity index (χ2n) is 4.57. The van der Waals surface area contributed by atoms with Crippen LogP contribution in [0.1, 0.15) is 17.5 Å². The number of aliphatic carboxylic acids is 1. The average Bonchev–Trinajstić information content (AvgIpc) is 2.79. The number of alkyl halides is 3. The van der Waals surface area contributed by atoms with E-state index in [1.54, 1.807) is 22.6 Å². The van der Waals surface area contributed by atoms with Crippen LogP contribution >= 0.6 is 34.4 Å². The van der Waals surface area contributed by atoms with E-state index in [1.165, 1.54) is 12.1 Å². The van der Waals surface area contributed by atoms with Crippen LogP contribution in [-0.2, 0) is 15.8 Å². The van der Waals surface area contributed by atoms with Crippen LogP contribution in [0.3, 0.4) is 0 Å². The number of nitrogens with one attached hydrogen (secondary N) is 1.